The Morgan fingerprint density at radius 3 is 3.06 bits per heavy atom. The molecule has 88 valence electrons. The summed E-state index contributed by atoms with van der Waals surface area (Å²) in [6.07, 6.45) is 1.49. The SMILES string of the molecule is CCOC(=O)CCNc1ncc(Cl)cc1F. The summed E-state index contributed by atoms with van der Waals surface area (Å²) in [6, 6.07) is 1.15. The molecule has 0 aliphatic heterocycles. The van der Waals surface area contributed by atoms with Crippen LogP contribution in [0.4, 0.5) is 10.2 Å². The van der Waals surface area contributed by atoms with Crippen molar-refractivity contribution in [2.75, 3.05) is 18.5 Å². The van der Waals surface area contributed by atoms with Gasteiger partial charge in [-0.1, -0.05) is 11.6 Å². The topological polar surface area (TPSA) is 51.2 Å². The highest BCUT2D eigenvalue weighted by atomic mass is 35.5. The predicted molar refractivity (Wildman–Crippen MR) is 58.9 cm³/mol. The number of rotatable bonds is 5. The van der Waals surface area contributed by atoms with Crippen LogP contribution in [-0.4, -0.2) is 24.1 Å². The molecule has 16 heavy (non-hydrogen) atoms. The van der Waals surface area contributed by atoms with Crippen LogP contribution in [0.3, 0.4) is 0 Å². The predicted octanol–water partition coefficient (Wildman–Crippen LogP) is 2.24. The summed E-state index contributed by atoms with van der Waals surface area (Å²) in [5.74, 6) is -0.797. The highest BCUT2D eigenvalue weighted by molar-refractivity contribution is 6.30. The zero-order valence-electron chi connectivity index (χ0n) is 8.80. The molecule has 0 radical (unpaired) electrons. The lowest BCUT2D eigenvalue weighted by molar-refractivity contribution is -0.142. The summed E-state index contributed by atoms with van der Waals surface area (Å²) in [7, 11) is 0. The molecule has 0 aliphatic carbocycles. The number of aromatic nitrogens is 1. The summed E-state index contributed by atoms with van der Waals surface area (Å²) in [4.78, 5) is 14.7. The van der Waals surface area contributed by atoms with Crippen molar-refractivity contribution in [3.63, 3.8) is 0 Å². The van der Waals surface area contributed by atoms with E-state index >= 15 is 0 Å². The average Bonchev–Trinajstić information content (AvgIpc) is 2.22. The van der Waals surface area contributed by atoms with Gasteiger partial charge in [0.05, 0.1) is 18.1 Å². The molecule has 0 amide bonds. The number of pyridine rings is 1. The molecule has 0 bridgehead atoms. The lowest BCUT2D eigenvalue weighted by atomic mass is 10.4. The fourth-order valence-corrected chi connectivity index (χ4v) is 1.21. The molecular weight excluding hydrogens is 235 g/mol. The van der Waals surface area contributed by atoms with Crippen LogP contribution in [0.25, 0.3) is 0 Å². The Labute approximate surface area is 97.8 Å². The normalized spacial score (nSPS) is 9.94. The quantitative estimate of drug-likeness (QED) is 0.810. The number of carbonyl (C=O) groups excluding carboxylic acids is 1. The maximum absolute atomic E-state index is 13.2. The number of hydrogen-bond donors (Lipinski definition) is 1. The lowest BCUT2D eigenvalue weighted by Crippen LogP contribution is -2.12. The van der Waals surface area contributed by atoms with Gasteiger partial charge in [-0.2, -0.15) is 0 Å². The molecule has 1 heterocycles. The highest BCUT2D eigenvalue weighted by Gasteiger charge is 2.05. The molecule has 1 aromatic rings. The van der Waals surface area contributed by atoms with Crippen molar-refractivity contribution in [2.24, 2.45) is 0 Å². The number of esters is 1. The smallest absolute Gasteiger partial charge is 0.307 e. The number of carbonyl (C=O) groups is 1. The molecule has 1 aromatic heterocycles. The van der Waals surface area contributed by atoms with Gasteiger partial charge in [-0.25, -0.2) is 9.37 Å². The van der Waals surface area contributed by atoms with Gasteiger partial charge in [0.15, 0.2) is 11.6 Å². The maximum Gasteiger partial charge on any atom is 0.307 e. The first-order valence-corrected chi connectivity index (χ1v) is 5.21. The molecule has 0 aromatic carbocycles. The van der Waals surface area contributed by atoms with Crippen LogP contribution in [0, 0.1) is 5.82 Å². The summed E-state index contributed by atoms with van der Waals surface area (Å²) in [6.45, 7) is 2.34. The fraction of sp³-hybridized carbons (Fsp3) is 0.400. The Hall–Kier alpha value is -1.36. The minimum absolute atomic E-state index is 0.0775. The number of halogens is 2. The van der Waals surface area contributed by atoms with Crippen LogP contribution in [0.5, 0.6) is 0 Å². The number of nitrogens with zero attached hydrogens (tertiary/aromatic N) is 1. The Morgan fingerprint density at radius 2 is 2.44 bits per heavy atom. The van der Waals surface area contributed by atoms with E-state index in [0.717, 1.165) is 6.07 Å². The van der Waals surface area contributed by atoms with Crippen LogP contribution >= 0.6 is 11.6 Å². The van der Waals surface area contributed by atoms with Crippen molar-refractivity contribution in [2.45, 2.75) is 13.3 Å². The number of hydrogen-bond acceptors (Lipinski definition) is 4. The van der Waals surface area contributed by atoms with E-state index in [1.807, 2.05) is 0 Å². The summed E-state index contributed by atoms with van der Waals surface area (Å²) < 4.78 is 17.9. The molecule has 0 fully saturated rings. The lowest BCUT2D eigenvalue weighted by Gasteiger charge is -2.06. The van der Waals surface area contributed by atoms with Gasteiger partial charge in [-0.05, 0) is 13.0 Å². The van der Waals surface area contributed by atoms with E-state index in [4.69, 9.17) is 16.3 Å². The first-order valence-electron chi connectivity index (χ1n) is 4.84. The Morgan fingerprint density at radius 1 is 1.69 bits per heavy atom. The number of ether oxygens (including phenoxy) is 1. The fourth-order valence-electron chi connectivity index (χ4n) is 1.06. The molecular formula is C10H12ClFN2O2. The molecule has 0 atom stereocenters. The second-order valence-electron chi connectivity index (χ2n) is 2.97. The van der Waals surface area contributed by atoms with E-state index in [1.54, 1.807) is 6.92 Å². The zero-order valence-corrected chi connectivity index (χ0v) is 9.55. The zero-order chi connectivity index (χ0) is 12.0. The van der Waals surface area contributed by atoms with Gasteiger partial charge in [0, 0.05) is 12.7 Å². The largest absolute Gasteiger partial charge is 0.466 e. The van der Waals surface area contributed by atoms with Crippen molar-refractivity contribution in [1.82, 2.24) is 4.98 Å². The summed E-state index contributed by atoms with van der Waals surface area (Å²) in [5, 5.41) is 2.91. The van der Waals surface area contributed by atoms with Gasteiger partial charge in [0.1, 0.15) is 0 Å². The van der Waals surface area contributed by atoms with E-state index < -0.39 is 5.82 Å². The molecule has 0 saturated heterocycles. The minimum Gasteiger partial charge on any atom is -0.466 e. The summed E-state index contributed by atoms with van der Waals surface area (Å²) in [5.41, 5.74) is 0. The van der Waals surface area contributed by atoms with Crippen molar-refractivity contribution < 1.29 is 13.9 Å². The third-order valence-corrected chi connectivity index (χ3v) is 1.94. The molecule has 6 heteroatoms. The third kappa shape index (κ3) is 4.02. The molecule has 0 saturated carbocycles. The molecule has 4 nitrogen and oxygen atoms in total. The maximum atomic E-state index is 13.2. The van der Waals surface area contributed by atoms with E-state index in [9.17, 15) is 9.18 Å². The monoisotopic (exact) mass is 246 g/mol. The Bertz CT molecular complexity index is 374. The Kier molecular flexibility index (Phi) is 4.98. The van der Waals surface area contributed by atoms with Crippen LogP contribution in [0.2, 0.25) is 5.02 Å². The van der Waals surface area contributed by atoms with E-state index in [2.05, 4.69) is 10.3 Å². The third-order valence-electron chi connectivity index (χ3n) is 1.73. The molecule has 0 aliphatic rings. The minimum atomic E-state index is -0.545. The first kappa shape index (κ1) is 12.7. The molecule has 0 unspecified atom stereocenters. The highest BCUT2D eigenvalue weighted by Crippen LogP contribution is 2.15. The van der Waals surface area contributed by atoms with Crippen molar-refractivity contribution >= 4 is 23.4 Å². The van der Waals surface area contributed by atoms with Gasteiger partial charge in [0.2, 0.25) is 0 Å². The molecule has 1 rings (SSSR count). The second kappa shape index (κ2) is 6.27. The standard InChI is InChI=1S/C10H12ClFN2O2/c1-2-16-9(15)3-4-13-10-8(12)5-7(11)6-14-10/h5-6H,2-4H2,1H3,(H,13,14). The van der Waals surface area contributed by atoms with Crippen molar-refractivity contribution in [3.05, 3.63) is 23.1 Å². The number of nitrogens with one attached hydrogen (secondary N) is 1. The molecule has 0 spiro atoms. The summed E-state index contributed by atoms with van der Waals surface area (Å²) >= 11 is 5.54. The van der Waals surface area contributed by atoms with Crippen molar-refractivity contribution in [1.29, 1.82) is 0 Å². The van der Waals surface area contributed by atoms with Crippen LogP contribution < -0.4 is 5.32 Å². The van der Waals surface area contributed by atoms with Crippen LogP contribution in [0.1, 0.15) is 13.3 Å². The first-order chi connectivity index (χ1) is 7.63. The second-order valence-corrected chi connectivity index (χ2v) is 3.40. The average molecular weight is 247 g/mol. The van der Waals surface area contributed by atoms with Gasteiger partial charge in [-0.3, -0.25) is 4.79 Å². The van der Waals surface area contributed by atoms with E-state index in [0.29, 0.717) is 6.61 Å². The number of anilines is 1. The van der Waals surface area contributed by atoms with Gasteiger partial charge in [0.25, 0.3) is 0 Å². The molecule has 1 N–H and O–H groups in total. The van der Waals surface area contributed by atoms with Gasteiger partial charge >= 0.3 is 5.97 Å². The van der Waals surface area contributed by atoms with Gasteiger partial charge < -0.3 is 10.1 Å². The van der Waals surface area contributed by atoms with Crippen LogP contribution in [0.15, 0.2) is 12.3 Å². The van der Waals surface area contributed by atoms with Gasteiger partial charge in [-0.15, -0.1) is 0 Å². The van der Waals surface area contributed by atoms with Crippen LogP contribution in [-0.2, 0) is 9.53 Å². The Balaban J connectivity index is 2.40. The van der Waals surface area contributed by atoms with E-state index in [1.165, 1.54) is 6.20 Å². The van der Waals surface area contributed by atoms with E-state index in [-0.39, 0.29) is 29.8 Å². The van der Waals surface area contributed by atoms with Crippen molar-refractivity contribution in [3.8, 4) is 0 Å².